The maximum Gasteiger partial charge on any atom is 0.255 e. The van der Waals surface area contributed by atoms with Crippen LogP contribution in [0.25, 0.3) is 0 Å². The van der Waals surface area contributed by atoms with Crippen LogP contribution in [0.2, 0.25) is 0 Å². The molecule has 2 aromatic rings. The number of benzene rings is 2. The third kappa shape index (κ3) is 4.50. The normalized spacial score (nSPS) is 18.5. The molecule has 0 unspecified atom stereocenters. The molecule has 0 bridgehead atoms. The molecule has 0 aromatic heterocycles. The summed E-state index contributed by atoms with van der Waals surface area (Å²) in [7, 11) is 4.56. The van der Waals surface area contributed by atoms with Crippen LogP contribution in [0.3, 0.4) is 0 Å². The van der Waals surface area contributed by atoms with Gasteiger partial charge in [-0.05, 0) is 69.9 Å². The lowest BCUT2D eigenvalue weighted by molar-refractivity contribution is 0.102. The lowest BCUT2D eigenvalue weighted by Gasteiger charge is -2.42. The van der Waals surface area contributed by atoms with Crippen LogP contribution >= 0.6 is 0 Å². The molecule has 7 nitrogen and oxygen atoms in total. The van der Waals surface area contributed by atoms with E-state index in [4.69, 9.17) is 19.9 Å². The van der Waals surface area contributed by atoms with E-state index in [1.54, 1.807) is 12.1 Å². The molecular formula is C24H33N3O4. The summed E-state index contributed by atoms with van der Waals surface area (Å²) in [6, 6.07) is 8.02. The first kappa shape index (κ1) is 22.6. The molecule has 0 aliphatic carbocycles. The van der Waals surface area contributed by atoms with Gasteiger partial charge in [-0.15, -0.1) is 0 Å². The van der Waals surface area contributed by atoms with Gasteiger partial charge in [-0.1, -0.05) is 0 Å². The molecule has 1 heterocycles. The minimum absolute atomic E-state index is 0.305. The fourth-order valence-corrected chi connectivity index (χ4v) is 4.41. The van der Waals surface area contributed by atoms with Gasteiger partial charge in [0.25, 0.3) is 5.91 Å². The third-order valence-corrected chi connectivity index (χ3v) is 6.01. The second kappa shape index (κ2) is 9.37. The Hall–Kier alpha value is -3.09. The van der Waals surface area contributed by atoms with E-state index in [0.29, 0.717) is 46.3 Å². The van der Waals surface area contributed by atoms with Crippen molar-refractivity contribution < 1.29 is 19.0 Å². The van der Waals surface area contributed by atoms with Gasteiger partial charge in [0.05, 0.1) is 32.7 Å². The van der Waals surface area contributed by atoms with E-state index < -0.39 is 0 Å². The molecule has 1 aliphatic heterocycles. The molecule has 1 amide bonds. The first-order valence-electron chi connectivity index (χ1n) is 10.6. The number of methoxy groups -OCH3 is 3. The second-order valence-corrected chi connectivity index (χ2v) is 8.13. The Morgan fingerprint density at radius 2 is 1.58 bits per heavy atom. The number of anilines is 3. The fourth-order valence-electron chi connectivity index (χ4n) is 4.41. The van der Waals surface area contributed by atoms with Crippen LogP contribution < -0.4 is 30.2 Å². The monoisotopic (exact) mass is 427 g/mol. The van der Waals surface area contributed by atoms with E-state index in [9.17, 15) is 4.79 Å². The summed E-state index contributed by atoms with van der Waals surface area (Å²) in [6.07, 6.45) is 3.54. The predicted octanol–water partition coefficient (Wildman–Crippen LogP) is 4.62. The van der Waals surface area contributed by atoms with Crippen LogP contribution in [-0.2, 0) is 0 Å². The molecule has 0 radical (unpaired) electrons. The summed E-state index contributed by atoms with van der Waals surface area (Å²) in [5, 5.41) is 2.96. The Morgan fingerprint density at radius 3 is 2.10 bits per heavy atom. The molecule has 2 aromatic carbocycles. The van der Waals surface area contributed by atoms with E-state index in [1.165, 1.54) is 27.8 Å². The lowest BCUT2D eigenvalue weighted by Crippen LogP contribution is -2.44. The van der Waals surface area contributed by atoms with E-state index in [-0.39, 0.29) is 5.91 Å². The van der Waals surface area contributed by atoms with Crippen LogP contribution in [0, 0.1) is 6.92 Å². The smallest absolute Gasteiger partial charge is 0.255 e. The topological polar surface area (TPSA) is 86.1 Å². The first-order valence-corrected chi connectivity index (χ1v) is 10.6. The number of nitrogens with zero attached hydrogens (tertiary/aromatic N) is 1. The summed E-state index contributed by atoms with van der Waals surface area (Å²) >= 11 is 0. The number of hydrogen-bond acceptors (Lipinski definition) is 6. The Morgan fingerprint density at radius 1 is 1.00 bits per heavy atom. The summed E-state index contributed by atoms with van der Waals surface area (Å²) in [4.78, 5) is 15.5. The zero-order valence-corrected chi connectivity index (χ0v) is 19.2. The Kier molecular flexibility index (Phi) is 6.83. The second-order valence-electron chi connectivity index (χ2n) is 8.13. The molecule has 1 fully saturated rings. The average Bonchev–Trinajstić information content (AvgIpc) is 2.75. The Balaban J connectivity index is 1.95. The van der Waals surface area contributed by atoms with Gasteiger partial charge in [0.2, 0.25) is 5.75 Å². The van der Waals surface area contributed by atoms with Gasteiger partial charge in [-0.25, -0.2) is 0 Å². The van der Waals surface area contributed by atoms with Crippen molar-refractivity contribution >= 4 is 23.0 Å². The number of nitrogens with two attached hydrogens (primary N) is 1. The first-order chi connectivity index (χ1) is 14.8. The van der Waals surface area contributed by atoms with Crippen molar-refractivity contribution in [1.29, 1.82) is 0 Å². The van der Waals surface area contributed by atoms with Crippen molar-refractivity contribution in [3.63, 3.8) is 0 Å². The highest BCUT2D eigenvalue weighted by Crippen LogP contribution is 2.39. The summed E-state index contributed by atoms with van der Waals surface area (Å²) in [5.74, 6) is 0.966. The molecule has 3 N–H and O–H groups in total. The summed E-state index contributed by atoms with van der Waals surface area (Å²) in [5.41, 5.74) is 9.98. The molecule has 2 atom stereocenters. The molecule has 31 heavy (non-hydrogen) atoms. The molecule has 3 rings (SSSR count). The highest BCUT2D eigenvalue weighted by molar-refractivity contribution is 6.07. The fraction of sp³-hybridized carbons (Fsp3) is 0.458. The number of hydrogen-bond donors (Lipinski definition) is 2. The van der Waals surface area contributed by atoms with Gasteiger partial charge in [-0.2, -0.15) is 0 Å². The number of carbonyl (C=O) groups excluding carboxylic acids is 1. The standard InChI is InChI=1S/C24H33N3O4/c1-14-10-18(25)19(13-20(14)27-15(2)8-7-9-16(27)3)26-24(28)17-11-21(29-4)23(31-6)22(12-17)30-5/h10-13,15-16H,7-9,25H2,1-6H3,(H,26,28)/t15-,16-/m1/s1. The number of nitrogen functional groups attached to an aromatic ring is 1. The number of nitrogens with one attached hydrogen (secondary N) is 1. The zero-order chi connectivity index (χ0) is 22.7. The van der Waals surface area contributed by atoms with E-state index >= 15 is 0 Å². The van der Waals surface area contributed by atoms with Gasteiger partial charge in [-0.3, -0.25) is 4.79 Å². The zero-order valence-electron chi connectivity index (χ0n) is 19.2. The average molecular weight is 428 g/mol. The number of carbonyl (C=O) groups is 1. The van der Waals surface area contributed by atoms with Crippen LogP contribution in [0.15, 0.2) is 24.3 Å². The van der Waals surface area contributed by atoms with Crippen molar-refractivity contribution in [1.82, 2.24) is 0 Å². The predicted molar refractivity (Wildman–Crippen MR) is 125 cm³/mol. The number of ether oxygens (including phenoxy) is 3. The molecule has 1 saturated heterocycles. The molecular weight excluding hydrogens is 394 g/mol. The number of aryl methyl sites for hydroxylation is 1. The van der Waals surface area contributed by atoms with E-state index in [1.807, 2.05) is 12.1 Å². The van der Waals surface area contributed by atoms with Crippen LogP contribution in [0.4, 0.5) is 17.1 Å². The van der Waals surface area contributed by atoms with Gasteiger partial charge in [0, 0.05) is 23.3 Å². The summed E-state index contributed by atoms with van der Waals surface area (Å²) < 4.78 is 16.1. The Bertz CT molecular complexity index is 925. The maximum absolute atomic E-state index is 13.1. The molecule has 0 saturated carbocycles. The molecule has 1 aliphatic rings. The largest absolute Gasteiger partial charge is 0.493 e. The van der Waals surface area contributed by atoms with Gasteiger partial charge >= 0.3 is 0 Å². The Labute approximate surface area is 184 Å². The van der Waals surface area contributed by atoms with Crippen LogP contribution in [0.5, 0.6) is 17.2 Å². The van der Waals surface area contributed by atoms with Gasteiger partial charge in [0.15, 0.2) is 11.5 Å². The van der Waals surface area contributed by atoms with Crippen molar-refractivity contribution in [2.45, 2.75) is 52.1 Å². The van der Waals surface area contributed by atoms with E-state index in [0.717, 1.165) is 24.1 Å². The third-order valence-electron chi connectivity index (χ3n) is 6.01. The molecule has 168 valence electrons. The van der Waals surface area contributed by atoms with Crippen LogP contribution in [-0.4, -0.2) is 39.3 Å². The number of rotatable bonds is 6. The minimum Gasteiger partial charge on any atom is -0.493 e. The van der Waals surface area contributed by atoms with Crippen molar-refractivity contribution in [2.75, 3.05) is 37.3 Å². The van der Waals surface area contributed by atoms with Crippen molar-refractivity contribution in [3.8, 4) is 17.2 Å². The summed E-state index contributed by atoms with van der Waals surface area (Å²) in [6.45, 7) is 6.56. The van der Waals surface area contributed by atoms with E-state index in [2.05, 4.69) is 31.0 Å². The number of piperidine rings is 1. The lowest BCUT2D eigenvalue weighted by atomic mass is 9.95. The highest BCUT2D eigenvalue weighted by Gasteiger charge is 2.27. The molecule has 7 heteroatoms. The maximum atomic E-state index is 13.1. The SMILES string of the molecule is COc1cc(C(=O)Nc2cc(N3[C@H](C)CCC[C@H]3C)c(C)cc2N)cc(OC)c1OC. The van der Waals surface area contributed by atoms with Crippen molar-refractivity contribution in [3.05, 3.63) is 35.4 Å². The van der Waals surface area contributed by atoms with Gasteiger partial charge in [0.1, 0.15) is 0 Å². The quantitative estimate of drug-likeness (QED) is 0.654. The van der Waals surface area contributed by atoms with Crippen molar-refractivity contribution in [2.24, 2.45) is 0 Å². The highest BCUT2D eigenvalue weighted by atomic mass is 16.5. The minimum atomic E-state index is -0.305. The van der Waals surface area contributed by atoms with Crippen LogP contribution in [0.1, 0.15) is 49.0 Å². The molecule has 0 spiro atoms. The van der Waals surface area contributed by atoms with Gasteiger partial charge < -0.3 is 30.2 Å². The number of amides is 1.